The predicted octanol–water partition coefficient (Wildman–Crippen LogP) is 4.29. The molecule has 0 fully saturated rings. The molecule has 0 spiro atoms. The molecule has 0 amide bonds. The van der Waals surface area contributed by atoms with E-state index in [2.05, 4.69) is 15.3 Å². The third-order valence-electron chi connectivity index (χ3n) is 3.65. The van der Waals surface area contributed by atoms with E-state index in [-0.39, 0.29) is 5.97 Å². The number of hydrogen-bond donors (Lipinski definition) is 0. The molecule has 0 saturated carbocycles. The fraction of sp³-hybridized carbons (Fsp3) is 0.294. The van der Waals surface area contributed by atoms with Crippen molar-refractivity contribution in [3.05, 3.63) is 35.3 Å². The van der Waals surface area contributed by atoms with Gasteiger partial charge in [-0.3, -0.25) is 0 Å². The lowest BCUT2D eigenvalue weighted by Gasteiger charge is -2.14. The van der Waals surface area contributed by atoms with Gasteiger partial charge in [0, 0.05) is 38.3 Å². The Labute approximate surface area is 149 Å². The Kier molecular flexibility index (Phi) is 4.80. The van der Waals surface area contributed by atoms with Crippen LogP contribution in [0.25, 0.3) is 10.1 Å². The van der Waals surface area contributed by atoms with Crippen LogP contribution in [-0.4, -0.2) is 36.5 Å². The number of carbonyl (C=O) groups is 1. The highest BCUT2D eigenvalue weighted by atomic mass is 32.1. The number of carbonyl (C=O) groups excluding carboxylic acids is 1. The van der Waals surface area contributed by atoms with Crippen LogP contribution in [0.5, 0.6) is 0 Å². The van der Waals surface area contributed by atoms with Crippen molar-refractivity contribution < 1.29 is 9.53 Å². The zero-order valence-corrected chi connectivity index (χ0v) is 15.4. The summed E-state index contributed by atoms with van der Waals surface area (Å²) in [5.74, 6) is 0.343. The molecule has 0 saturated heterocycles. The van der Waals surface area contributed by atoms with Crippen LogP contribution in [0, 0.1) is 0 Å². The summed E-state index contributed by atoms with van der Waals surface area (Å²) in [6, 6.07) is 7.52. The van der Waals surface area contributed by atoms with Crippen molar-refractivity contribution in [2.45, 2.75) is 6.92 Å². The number of azo groups is 1. The number of esters is 1. The molecule has 130 valence electrons. The molecule has 0 aliphatic rings. The fourth-order valence-corrected chi connectivity index (χ4v) is 3.46. The van der Waals surface area contributed by atoms with Crippen molar-refractivity contribution in [1.29, 1.82) is 0 Å². The van der Waals surface area contributed by atoms with Gasteiger partial charge in [0.15, 0.2) is 5.82 Å². The molecule has 2 aromatic heterocycles. The molecule has 3 rings (SSSR count). The maximum Gasteiger partial charge on any atom is 0.348 e. The van der Waals surface area contributed by atoms with Crippen LogP contribution in [0.15, 0.2) is 40.7 Å². The van der Waals surface area contributed by atoms with E-state index in [9.17, 15) is 4.79 Å². The van der Waals surface area contributed by atoms with Crippen LogP contribution in [0.2, 0.25) is 0 Å². The standard InChI is InChI=1S/C17H19N5O2S/c1-5-24-17(23)14-10-11-13(21(2)3)7-6-12(16(11)25-14)19-20-15-8-9-18-22(15)4/h6-10H,5H2,1-4H3/b20-19+. The zero-order chi connectivity index (χ0) is 18.0. The van der Waals surface area contributed by atoms with Gasteiger partial charge in [-0.15, -0.1) is 21.6 Å². The van der Waals surface area contributed by atoms with Gasteiger partial charge < -0.3 is 9.64 Å². The Balaban J connectivity index is 2.09. The highest BCUT2D eigenvalue weighted by Crippen LogP contribution is 2.40. The first-order chi connectivity index (χ1) is 12.0. The number of hydrogen-bond acceptors (Lipinski definition) is 7. The molecule has 3 aromatic rings. The summed E-state index contributed by atoms with van der Waals surface area (Å²) in [5.41, 5.74) is 1.73. The van der Waals surface area contributed by atoms with E-state index in [4.69, 9.17) is 4.74 Å². The smallest absolute Gasteiger partial charge is 0.348 e. The van der Waals surface area contributed by atoms with Crippen LogP contribution >= 0.6 is 11.3 Å². The van der Waals surface area contributed by atoms with E-state index in [1.54, 1.807) is 23.9 Å². The quantitative estimate of drug-likeness (QED) is 0.504. The molecule has 2 heterocycles. The second kappa shape index (κ2) is 7.02. The topological polar surface area (TPSA) is 72.1 Å². The molecule has 7 nitrogen and oxygen atoms in total. The van der Waals surface area contributed by atoms with Crippen molar-refractivity contribution in [2.75, 3.05) is 25.6 Å². The third kappa shape index (κ3) is 3.39. The van der Waals surface area contributed by atoms with Gasteiger partial charge in [-0.1, -0.05) is 0 Å². The Hall–Kier alpha value is -2.74. The lowest BCUT2D eigenvalue weighted by molar-refractivity contribution is 0.0532. The van der Waals surface area contributed by atoms with Crippen molar-refractivity contribution in [3.63, 3.8) is 0 Å². The zero-order valence-electron chi connectivity index (χ0n) is 14.6. The summed E-state index contributed by atoms with van der Waals surface area (Å²) < 4.78 is 7.67. The van der Waals surface area contributed by atoms with Crippen LogP contribution in [-0.2, 0) is 11.8 Å². The highest BCUT2D eigenvalue weighted by molar-refractivity contribution is 7.21. The van der Waals surface area contributed by atoms with Crippen molar-refractivity contribution in [3.8, 4) is 0 Å². The molecular formula is C17H19N5O2S. The van der Waals surface area contributed by atoms with Crippen molar-refractivity contribution in [2.24, 2.45) is 17.3 Å². The normalized spacial score (nSPS) is 11.4. The second-order valence-corrected chi connectivity index (χ2v) is 6.64. The van der Waals surface area contributed by atoms with E-state index in [1.165, 1.54) is 11.3 Å². The lowest BCUT2D eigenvalue weighted by Crippen LogP contribution is -2.08. The van der Waals surface area contributed by atoms with Crippen LogP contribution in [0.1, 0.15) is 16.6 Å². The van der Waals surface area contributed by atoms with Gasteiger partial charge in [-0.05, 0) is 25.1 Å². The minimum absolute atomic E-state index is 0.317. The van der Waals surface area contributed by atoms with E-state index < -0.39 is 0 Å². The average molecular weight is 357 g/mol. The summed E-state index contributed by atoms with van der Waals surface area (Å²) in [4.78, 5) is 14.7. The molecule has 8 heteroatoms. The molecule has 0 radical (unpaired) electrons. The molecule has 0 atom stereocenters. The van der Waals surface area contributed by atoms with Gasteiger partial charge in [0.2, 0.25) is 0 Å². The first-order valence-corrected chi connectivity index (χ1v) is 8.63. The largest absolute Gasteiger partial charge is 0.462 e. The molecular weight excluding hydrogens is 338 g/mol. The number of anilines is 1. The molecule has 0 unspecified atom stereocenters. The maximum atomic E-state index is 12.1. The van der Waals surface area contributed by atoms with Gasteiger partial charge in [0.05, 0.1) is 17.5 Å². The van der Waals surface area contributed by atoms with Gasteiger partial charge >= 0.3 is 5.97 Å². The molecule has 0 aliphatic heterocycles. The number of ether oxygens (including phenoxy) is 1. The lowest BCUT2D eigenvalue weighted by atomic mass is 10.2. The SMILES string of the molecule is CCOC(=O)c1cc2c(N(C)C)ccc(/N=N/c3ccnn3C)c2s1. The summed E-state index contributed by atoms with van der Waals surface area (Å²) in [6.45, 7) is 2.14. The maximum absolute atomic E-state index is 12.1. The van der Waals surface area contributed by atoms with E-state index >= 15 is 0 Å². The van der Waals surface area contributed by atoms with E-state index in [0.29, 0.717) is 23.0 Å². The Morgan fingerprint density at radius 3 is 2.76 bits per heavy atom. The minimum atomic E-state index is -0.317. The summed E-state index contributed by atoms with van der Waals surface area (Å²) in [5, 5.41) is 13.6. The first-order valence-electron chi connectivity index (χ1n) is 7.82. The predicted molar refractivity (Wildman–Crippen MR) is 99.5 cm³/mol. The highest BCUT2D eigenvalue weighted by Gasteiger charge is 2.17. The number of fused-ring (bicyclic) bond motifs is 1. The number of benzene rings is 1. The third-order valence-corrected chi connectivity index (χ3v) is 4.79. The molecule has 25 heavy (non-hydrogen) atoms. The number of thiophene rings is 1. The number of rotatable bonds is 5. The van der Waals surface area contributed by atoms with Crippen molar-refractivity contribution >= 4 is 44.6 Å². The molecule has 0 N–H and O–H groups in total. The number of aryl methyl sites for hydroxylation is 1. The van der Waals surface area contributed by atoms with Gasteiger partial charge in [-0.25, -0.2) is 9.48 Å². The molecule has 1 aromatic carbocycles. The number of nitrogens with zero attached hydrogens (tertiary/aromatic N) is 5. The van der Waals surface area contributed by atoms with Crippen LogP contribution in [0.4, 0.5) is 17.2 Å². The van der Waals surface area contributed by atoms with E-state index in [0.717, 1.165) is 15.8 Å². The van der Waals surface area contributed by atoms with Gasteiger partial charge in [0.25, 0.3) is 0 Å². The van der Waals surface area contributed by atoms with E-state index in [1.807, 2.05) is 44.2 Å². The first kappa shape index (κ1) is 17.1. The molecule has 0 bridgehead atoms. The Morgan fingerprint density at radius 1 is 1.32 bits per heavy atom. The minimum Gasteiger partial charge on any atom is -0.462 e. The summed E-state index contributed by atoms with van der Waals surface area (Å²) in [6.07, 6.45) is 1.67. The fourth-order valence-electron chi connectivity index (χ4n) is 2.44. The number of aromatic nitrogens is 2. The van der Waals surface area contributed by atoms with Gasteiger partial charge in [0.1, 0.15) is 10.6 Å². The second-order valence-electron chi connectivity index (χ2n) is 5.59. The van der Waals surface area contributed by atoms with Crippen LogP contribution in [0.3, 0.4) is 0 Å². The summed E-state index contributed by atoms with van der Waals surface area (Å²) in [7, 11) is 5.74. The monoisotopic (exact) mass is 357 g/mol. The Morgan fingerprint density at radius 2 is 2.12 bits per heavy atom. The average Bonchev–Trinajstić information content (AvgIpc) is 3.19. The Bertz CT molecular complexity index is 942. The van der Waals surface area contributed by atoms with Crippen molar-refractivity contribution in [1.82, 2.24) is 9.78 Å². The van der Waals surface area contributed by atoms with Gasteiger partial charge in [-0.2, -0.15) is 5.10 Å². The summed E-state index contributed by atoms with van der Waals surface area (Å²) >= 11 is 1.37. The van der Waals surface area contributed by atoms with Crippen LogP contribution < -0.4 is 4.90 Å². The molecule has 0 aliphatic carbocycles.